The fourth-order valence-corrected chi connectivity index (χ4v) is 14.1. The SMILES string of the molecule is CCCCCCCCCCCCOc1ccc(N2c3ccc(C=Cc4ccc5c(c4)Sc4cc(B6OC(C)(C)C(C)(C)O6)ccc4N5c4ccc(OCCCCCCCCCCCC)cc4)cc3Sc3cc(B4OC(C)(C)C(C)(C)O4)ccc32)cc1. The molecule has 0 amide bonds. The van der Waals surface area contributed by atoms with E-state index in [4.69, 9.17) is 28.1 Å². The summed E-state index contributed by atoms with van der Waals surface area (Å²) in [7, 11) is -0.919. The third-order valence-corrected chi connectivity index (χ3v) is 20.8. The quantitative estimate of drug-likeness (QED) is 0.0247. The molecule has 2 fully saturated rings. The van der Waals surface area contributed by atoms with Crippen molar-refractivity contribution in [3.05, 3.63) is 132 Å². The second-order valence-electron chi connectivity index (χ2n) is 26.3. The van der Waals surface area contributed by atoms with E-state index in [1.54, 1.807) is 23.5 Å². The molecular weight excluding hydrogens is 1100 g/mol. The molecule has 6 aromatic rings. The van der Waals surface area contributed by atoms with Crippen LogP contribution in [-0.4, -0.2) is 49.9 Å². The molecule has 10 rings (SSSR count). The number of fused-ring (bicyclic) bond motifs is 4. The first-order valence-corrected chi connectivity index (χ1v) is 34.5. The molecule has 0 unspecified atom stereocenters. The van der Waals surface area contributed by atoms with Gasteiger partial charge in [-0.1, -0.05) is 189 Å². The van der Waals surface area contributed by atoms with Crippen molar-refractivity contribution in [1.29, 1.82) is 0 Å². The number of hydrogen-bond acceptors (Lipinski definition) is 10. The van der Waals surface area contributed by atoms with Crippen LogP contribution in [0.5, 0.6) is 11.5 Å². The first kappa shape index (κ1) is 63.9. The molecule has 0 N–H and O–H groups in total. The second kappa shape index (κ2) is 29.0. The molecule has 0 spiro atoms. The minimum absolute atomic E-state index is 0.440. The number of unbranched alkanes of at least 4 members (excludes halogenated alkanes) is 18. The Labute approximate surface area is 526 Å². The van der Waals surface area contributed by atoms with E-state index in [0.717, 1.165) is 104 Å². The zero-order chi connectivity index (χ0) is 60.3. The normalized spacial score (nSPS) is 17.0. The fraction of sp³-hybridized carbons (Fsp3) is 0.486. The summed E-state index contributed by atoms with van der Waals surface area (Å²) in [6, 6.07) is 44.3. The van der Waals surface area contributed by atoms with Crippen LogP contribution in [0.1, 0.15) is 209 Å². The molecule has 0 aliphatic carbocycles. The van der Waals surface area contributed by atoms with Gasteiger partial charge in [0.1, 0.15) is 11.5 Å². The lowest BCUT2D eigenvalue weighted by atomic mass is 9.79. The second-order valence-corrected chi connectivity index (χ2v) is 28.5. The number of anilines is 6. The van der Waals surface area contributed by atoms with Crippen LogP contribution >= 0.6 is 23.5 Å². The number of hydrogen-bond donors (Lipinski definition) is 0. The largest absolute Gasteiger partial charge is 0.494 e. The van der Waals surface area contributed by atoms with E-state index in [1.807, 2.05) is 0 Å². The Morgan fingerprint density at radius 1 is 0.360 bits per heavy atom. The molecular formula is C74H96B2N2O6S2. The van der Waals surface area contributed by atoms with Gasteiger partial charge in [-0.25, -0.2) is 0 Å². The summed E-state index contributed by atoms with van der Waals surface area (Å²) in [6.45, 7) is 23.0. The molecule has 4 aliphatic heterocycles. The molecule has 0 saturated carbocycles. The van der Waals surface area contributed by atoms with Gasteiger partial charge in [-0.05, 0) is 187 Å². The van der Waals surface area contributed by atoms with Crippen molar-refractivity contribution >= 4 is 95.0 Å². The summed E-state index contributed by atoms with van der Waals surface area (Å²) in [4.78, 5) is 9.42. The minimum atomic E-state index is -0.460. The summed E-state index contributed by atoms with van der Waals surface area (Å²) in [5.74, 6) is 1.82. The Morgan fingerprint density at radius 3 is 0.977 bits per heavy atom. The molecule has 86 heavy (non-hydrogen) atoms. The van der Waals surface area contributed by atoms with Crippen molar-refractivity contribution in [2.45, 2.75) is 240 Å². The molecule has 0 aromatic heterocycles. The van der Waals surface area contributed by atoms with Crippen molar-refractivity contribution in [3.8, 4) is 11.5 Å². The van der Waals surface area contributed by atoms with Crippen LogP contribution in [0.25, 0.3) is 12.2 Å². The summed E-state index contributed by atoms with van der Waals surface area (Å²) in [6.07, 6.45) is 30.7. The van der Waals surface area contributed by atoms with Gasteiger partial charge >= 0.3 is 14.2 Å². The van der Waals surface area contributed by atoms with Crippen molar-refractivity contribution in [2.24, 2.45) is 0 Å². The average Bonchev–Trinajstić information content (AvgIpc) is 1.13. The maximum Gasteiger partial charge on any atom is 0.494 e. The Balaban J connectivity index is 0.864. The highest BCUT2D eigenvalue weighted by Gasteiger charge is 2.53. The molecule has 456 valence electrons. The number of rotatable bonds is 30. The van der Waals surface area contributed by atoms with Gasteiger partial charge in [0.05, 0.1) is 58.4 Å². The zero-order valence-electron chi connectivity index (χ0n) is 53.6. The van der Waals surface area contributed by atoms with Crippen LogP contribution in [0, 0.1) is 0 Å². The van der Waals surface area contributed by atoms with Crippen LogP contribution in [0.4, 0.5) is 34.1 Å². The summed E-state index contributed by atoms with van der Waals surface area (Å²) in [5.41, 5.74) is 9.21. The maximum absolute atomic E-state index is 6.58. The molecule has 0 atom stereocenters. The van der Waals surface area contributed by atoms with Crippen LogP contribution in [-0.2, 0) is 18.6 Å². The molecule has 6 aromatic carbocycles. The lowest BCUT2D eigenvalue weighted by Crippen LogP contribution is -2.41. The van der Waals surface area contributed by atoms with Gasteiger partial charge in [-0.15, -0.1) is 0 Å². The van der Waals surface area contributed by atoms with Crippen molar-refractivity contribution < 1.29 is 28.1 Å². The van der Waals surface area contributed by atoms with Gasteiger partial charge in [-0.3, -0.25) is 0 Å². The molecule has 8 nitrogen and oxygen atoms in total. The molecule has 12 heteroatoms. The Morgan fingerprint density at radius 2 is 0.651 bits per heavy atom. The summed E-state index contributed by atoms with van der Waals surface area (Å²) >= 11 is 3.60. The van der Waals surface area contributed by atoms with Gasteiger partial charge in [0.2, 0.25) is 0 Å². The monoisotopic (exact) mass is 1190 g/mol. The van der Waals surface area contributed by atoms with Crippen LogP contribution in [0.3, 0.4) is 0 Å². The Hall–Kier alpha value is -5.07. The highest BCUT2D eigenvalue weighted by atomic mass is 32.2. The standard InChI is InChI=1S/C74H96B2N2O6S2/c1-11-13-15-17-19-21-23-25-27-29-49-79-61-41-37-59(38-42-61)77-63-45-33-55(51-67(63)85-69-53-57(35-47-65(69)77)75-81-71(3,4)72(5,6)82-75)31-32-56-34-46-64-68(52-56)86-70-54-58(76-83-73(7,8)74(9,10)84-76)36-48-66(70)78(64)60-39-43-62(44-40-60)80-50-30-28-26-24-22-20-18-16-14-12-2/h31-48,51-54H,11-30,49-50H2,1-10H3. The van der Waals surface area contributed by atoms with E-state index in [9.17, 15) is 0 Å². The van der Waals surface area contributed by atoms with Gasteiger partial charge in [0.25, 0.3) is 0 Å². The number of benzene rings is 6. The zero-order valence-corrected chi connectivity index (χ0v) is 55.2. The lowest BCUT2D eigenvalue weighted by molar-refractivity contribution is 0.00578. The number of ether oxygens (including phenoxy) is 2. The van der Waals surface area contributed by atoms with Crippen molar-refractivity contribution in [2.75, 3.05) is 23.0 Å². The molecule has 4 heterocycles. The van der Waals surface area contributed by atoms with Crippen molar-refractivity contribution in [3.63, 3.8) is 0 Å². The average molecular weight is 1200 g/mol. The Kier molecular flexibility index (Phi) is 21.6. The molecule has 4 aliphatic rings. The smallest absolute Gasteiger partial charge is 0.494 e. The predicted octanol–water partition coefficient (Wildman–Crippen LogP) is 20.9. The van der Waals surface area contributed by atoms with E-state index in [-0.39, 0.29) is 0 Å². The molecule has 0 radical (unpaired) electrons. The lowest BCUT2D eigenvalue weighted by Gasteiger charge is -2.33. The number of nitrogens with zero attached hydrogens (tertiary/aromatic N) is 2. The van der Waals surface area contributed by atoms with Gasteiger partial charge < -0.3 is 37.9 Å². The summed E-state index contributed by atoms with van der Waals surface area (Å²) in [5, 5.41) is 0. The van der Waals surface area contributed by atoms with E-state index < -0.39 is 36.6 Å². The predicted molar refractivity (Wildman–Crippen MR) is 366 cm³/mol. The van der Waals surface area contributed by atoms with Crippen LogP contribution in [0.15, 0.2) is 141 Å². The maximum atomic E-state index is 6.58. The van der Waals surface area contributed by atoms with Gasteiger partial charge in [0.15, 0.2) is 0 Å². The van der Waals surface area contributed by atoms with E-state index >= 15 is 0 Å². The van der Waals surface area contributed by atoms with Crippen LogP contribution in [0.2, 0.25) is 0 Å². The first-order chi connectivity index (χ1) is 41.5. The fourth-order valence-electron chi connectivity index (χ4n) is 11.8. The van der Waals surface area contributed by atoms with Gasteiger partial charge in [-0.2, -0.15) is 0 Å². The first-order valence-electron chi connectivity index (χ1n) is 32.9. The third-order valence-electron chi connectivity index (χ3n) is 18.6. The van der Waals surface area contributed by atoms with Gasteiger partial charge in [0, 0.05) is 31.0 Å². The van der Waals surface area contributed by atoms with Crippen LogP contribution < -0.4 is 30.2 Å². The van der Waals surface area contributed by atoms with E-state index in [0.29, 0.717) is 0 Å². The summed E-state index contributed by atoms with van der Waals surface area (Å²) < 4.78 is 38.9. The minimum Gasteiger partial charge on any atom is -0.494 e. The highest BCUT2D eigenvalue weighted by molar-refractivity contribution is 8.00. The van der Waals surface area contributed by atoms with E-state index in [2.05, 4.69) is 213 Å². The third kappa shape index (κ3) is 15.5. The molecule has 0 bridgehead atoms. The highest BCUT2D eigenvalue weighted by Crippen LogP contribution is 2.54. The van der Waals surface area contributed by atoms with E-state index in [1.165, 1.54) is 125 Å². The molecule has 2 saturated heterocycles. The topological polar surface area (TPSA) is 61.9 Å². The van der Waals surface area contributed by atoms with Crippen molar-refractivity contribution in [1.82, 2.24) is 0 Å². The Bertz CT molecular complexity index is 2970.